The van der Waals surface area contributed by atoms with E-state index in [-0.39, 0.29) is 5.92 Å². The first kappa shape index (κ1) is 15.4. The Morgan fingerprint density at radius 2 is 2.00 bits per heavy atom. The van der Waals surface area contributed by atoms with E-state index in [1.165, 1.54) is 0 Å². The first-order valence-corrected chi connectivity index (χ1v) is 7.04. The van der Waals surface area contributed by atoms with Crippen molar-refractivity contribution in [3.63, 3.8) is 0 Å². The molecule has 0 N–H and O–H groups in total. The number of hydrogen-bond donors (Lipinski definition) is 0. The van der Waals surface area contributed by atoms with Gasteiger partial charge in [0, 0.05) is 37.8 Å². The first-order valence-electron chi connectivity index (χ1n) is 7.04. The van der Waals surface area contributed by atoms with Crippen LogP contribution in [0.3, 0.4) is 0 Å². The molecule has 2 heterocycles. The molecular weight excluding hydrogens is 267 g/mol. The van der Waals surface area contributed by atoms with Crippen LogP contribution in [0.4, 0.5) is 13.2 Å². The van der Waals surface area contributed by atoms with Crippen LogP contribution < -0.4 is 0 Å². The maximum Gasteiger partial charge on any atom is 0.389 e. The standard InChI is InChI=1S/C14H22F3N3/c1-10-13(11(2)19(3)18-10)9-20-6-4-5-12(8-20)7-14(15,16)17/h12H,4-9H2,1-3H3. The highest BCUT2D eigenvalue weighted by Gasteiger charge is 2.34. The van der Waals surface area contributed by atoms with Crippen LogP contribution in [0.2, 0.25) is 0 Å². The summed E-state index contributed by atoms with van der Waals surface area (Å²) in [6.45, 7) is 6.08. The molecule has 20 heavy (non-hydrogen) atoms. The lowest BCUT2D eigenvalue weighted by atomic mass is 9.94. The minimum Gasteiger partial charge on any atom is -0.299 e. The fourth-order valence-corrected chi connectivity index (χ4v) is 3.06. The molecule has 1 aromatic heterocycles. The Bertz CT molecular complexity index is 465. The quantitative estimate of drug-likeness (QED) is 0.852. The summed E-state index contributed by atoms with van der Waals surface area (Å²) in [5.41, 5.74) is 3.23. The molecular formula is C14H22F3N3. The second-order valence-corrected chi connectivity index (χ2v) is 5.84. The van der Waals surface area contributed by atoms with Crippen molar-refractivity contribution in [3.05, 3.63) is 17.0 Å². The first-order chi connectivity index (χ1) is 9.26. The smallest absolute Gasteiger partial charge is 0.299 e. The molecule has 0 aromatic carbocycles. The lowest BCUT2D eigenvalue weighted by Crippen LogP contribution is -2.36. The monoisotopic (exact) mass is 289 g/mol. The Labute approximate surface area is 117 Å². The van der Waals surface area contributed by atoms with Crippen molar-refractivity contribution in [2.75, 3.05) is 13.1 Å². The van der Waals surface area contributed by atoms with Gasteiger partial charge in [-0.1, -0.05) is 0 Å². The summed E-state index contributed by atoms with van der Waals surface area (Å²) in [5.74, 6) is -0.263. The van der Waals surface area contributed by atoms with Crippen molar-refractivity contribution in [2.24, 2.45) is 13.0 Å². The van der Waals surface area contributed by atoms with E-state index in [2.05, 4.69) is 10.00 Å². The van der Waals surface area contributed by atoms with Gasteiger partial charge in [0.25, 0.3) is 0 Å². The normalized spacial score (nSPS) is 21.4. The van der Waals surface area contributed by atoms with Crippen molar-refractivity contribution in [1.29, 1.82) is 0 Å². The molecule has 6 heteroatoms. The maximum atomic E-state index is 12.5. The van der Waals surface area contributed by atoms with Crippen molar-refractivity contribution in [3.8, 4) is 0 Å². The van der Waals surface area contributed by atoms with Crippen molar-refractivity contribution >= 4 is 0 Å². The Morgan fingerprint density at radius 3 is 2.55 bits per heavy atom. The van der Waals surface area contributed by atoms with Crippen molar-refractivity contribution < 1.29 is 13.2 Å². The number of piperidine rings is 1. The SMILES string of the molecule is Cc1nn(C)c(C)c1CN1CCCC(CC(F)(F)F)C1. The molecule has 0 amide bonds. The van der Waals surface area contributed by atoms with E-state index >= 15 is 0 Å². The molecule has 1 aliphatic heterocycles. The Balaban J connectivity index is 1.99. The average Bonchev–Trinajstić information content (AvgIpc) is 2.54. The van der Waals surface area contributed by atoms with Gasteiger partial charge in [-0.2, -0.15) is 18.3 Å². The molecule has 2 rings (SSSR count). The topological polar surface area (TPSA) is 21.1 Å². The van der Waals surface area contributed by atoms with Gasteiger partial charge in [-0.3, -0.25) is 9.58 Å². The Morgan fingerprint density at radius 1 is 1.30 bits per heavy atom. The third kappa shape index (κ3) is 3.75. The molecule has 1 fully saturated rings. The molecule has 0 saturated carbocycles. The zero-order valence-electron chi connectivity index (χ0n) is 12.3. The minimum atomic E-state index is -4.05. The number of nitrogens with zero attached hydrogens (tertiary/aromatic N) is 3. The molecule has 1 aromatic rings. The van der Waals surface area contributed by atoms with Gasteiger partial charge in [0.2, 0.25) is 0 Å². The van der Waals surface area contributed by atoms with E-state index < -0.39 is 12.6 Å². The van der Waals surface area contributed by atoms with E-state index in [0.29, 0.717) is 19.5 Å². The fraction of sp³-hybridized carbons (Fsp3) is 0.786. The molecule has 1 aliphatic rings. The molecule has 1 unspecified atom stereocenters. The number of aryl methyl sites for hydroxylation is 2. The van der Waals surface area contributed by atoms with Crippen molar-refractivity contribution in [1.82, 2.24) is 14.7 Å². The number of likely N-dealkylation sites (tertiary alicyclic amines) is 1. The predicted octanol–water partition coefficient (Wildman–Crippen LogP) is 3.20. The number of alkyl halides is 3. The molecule has 3 nitrogen and oxygen atoms in total. The molecule has 0 bridgehead atoms. The van der Waals surface area contributed by atoms with Crippen LogP contribution in [0.5, 0.6) is 0 Å². The van der Waals surface area contributed by atoms with Crippen LogP contribution in [-0.4, -0.2) is 33.9 Å². The largest absolute Gasteiger partial charge is 0.389 e. The molecule has 0 aliphatic carbocycles. The minimum absolute atomic E-state index is 0.263. The summed E-state index contributed by atoms with van der Waals surface area (Å²) in [7, 11) is 1.90. The van der Waals surface area contributed by atoms with Gasteiger partial charge in [0.05, 0.1) is 5.69 Å². The average molecular weight is 289 g/mol. The van der Waals surface area contributed by atoms with Crippen molar-refractivity contribution in [2.45, 2.75) is 45.8 Å². The summed E-state index contributed by atoms with van der Waals surface area (Å²) in [4.78, 5) is 2.14. The number of rotatable bonds is 3. The summed E-state index contributed by atoms with van der Waals surface area (Å²) >= 11 is 0. The van der Waals surface area contributed by atoms with Crippen LogP contribution in [-0.2, 0) is 13.6 Å². The van der Waals surface area contributed by atoms with Gasteiger partial charge in [0.15, 0.2) is 0 Å². The highest BCUT2D eigenvalue weighted by Crippen LogP contribution is 2.31. The second-order valence-electron chi connectivity index (χ2n) is 5.84. The van der Waals surface area contributed by atoms with Crippen LogP contribution >= 0.6 is 0 Å². The summed E-state index contributed by atoms with van der Waals surface area (Å²) in [6.07, 6.45) is -3.18. The predicted molar refractivity (Wildman–Crippen MR) is 71.4 cm³/mol. The number of hydrogen-bond acceptors (Lipinski definition) is 2. The van der Waals surface area contributed by atoms with Crippen LogP contribution in [0.15, 0.2) is 0 Å². The van der Waals surface area contributed by atoms with E-state index in [1.54, 1.807) is 0 Å². The van der Waals surface area contributed by atoms with E-state index in [4.69, 9.17) is 0 Å². The number of aromatic nitrogens is 2. The van der Waals surface area contributed by atoms with Gasteiger partial charge in [0.1, 0.15) is 0 Å². The lowest BCUT2D eigenvalue weighted by Gasteiger charge is -2.33. The van der Waals surface area contributed by atoms with Gasteiger partial charge < -0.3 is 0 Å². The molecule has 1 saturated heterocycles. The third-order valence-electron chi connectivity index (χ3n) is 4.16. The highest BCUT2D eigenvalue weighted by molar-refractivity contribution is 5.24. The molecule has 0 radical (unpaired) electrons. The van der Waals surface area contributed by atoms with Gasteiger partial charge >= 0.3 is 6.18 Å². The van der Waals surface area contributed by atoms with Gasteiger partial charge in [-0.05, 0) is 39.2 Å². The van der Waals surface area contributed by atoms with E-state index in [1.807, 2.05) is 25.6 Å². The summed E-state index contributed by atoms with van der Waals surface area (Å²) < 4.78 is 39.3. The van der Waals surface area contributed by atoms with E-state index in [9.17, 15) is 13.2 Å². The number of halogens is 3. The van der Waals surface area contributed by atoms with E-state index in [0.717, 1.165) is 29.9 Å². The fourth-order valence-electron chi connectivity index (χ4n) is 3.06. The summed E-state index contributed by atoms with van der Waals surface area (Å²) in [6, 6.07) is 0. The lowest BCUT2D eigenvalue weighted by molar-refractivity contribution is -0.148. The van der Waals surface area contributed by atoms with Crippen LogP contribution in [0, 0.1) is 19.8 Å². The summed E-state index contributed by atoms with van der Waals surface area (Å²) in [5, 5.41) is 4.36. The van der Waals surface area contributed by atoms with Crippen LogP contribution in [0.25, 0.3) is 0 Å². The molecule has 114 valence electrons. The zero-order valence-corrected chi connectivity index (χ0v) is 12.3. The second kappa shape index (κ2) is 5.76. The Hall–Kier alpha value is -1.04. The van der Waals surface area contributed by atoms with Crippen LogP contribution in [0.1, 0.15) is 36.2 Å². The Kier molecular flexibility index (Phi) is 4.42. The third-order valence-corrected chi connectivity index (χ3v) is 4.16. The van der Waals surface area contributed by atoms with Gasteiger partial charge in [-0.15, -0.1) is 0 Å². The molecule has 1 atom stereocenters. The zero-order chi connectivity index (χ0) is 14.9. The highest BCUT2D eigenvalue weighted by atomic mass is 19.4. The van der Waals surface area contributed by atoms with Gasteiger partial charge in [-0.25, -0.2) is 0 Å². The maximum absolute atomic E-state index is 12.5. The molecule has 0 spiro atoms.